The van der Waals surface area contributed by atoms with E-state index in [1.54, 1.807) is 30.3 Å². The van der Waals surface area contributed by atoms with Gasteiger partial charge in [0.2, 0.25) is 0 Å². The number of aromatic nitrogens is 2. The number of fused-ring (bicyclic) bond motifs is 4. The average Bonchev–Trinajstić information content (AvgIpc) is 3.66. The number of likely N-dealkylation sites (N-methyl/N-ethyl adjacent to an activating group) is 1. The van der Waals surface area contributed by atoms with Gasteiger partial charge in [0.15, 0.2) is 11.6 Å². The van der Waals surface area contributed by atoms with Crippen molar-refractivity contribution in [2.75, 3.05) is 38.2 Å². The fraction of sp³-hybridized carbons (Fsp3) is 0.324. The molecule has 4 aromatic carbocycles. The van der Waals surface area contributed by atoms with Gasteiger partial charge in [-0.15, -0.1) is 0 Å². The third-order valence-corrected chi connectivity index (χ3v) is 10.2. The van der Waals surface area contributed by atoms with Gasteiger partial charge in [-0.05, 0) is 85.9 Å². The Bertz CT molecular complexity index is 2090. The first-order chi connectivity index (χ1) is 23.4. The predicted octanol–water partition coefficient (Wildman–Crippen LogP) is 7.03. The summed E-state index contributed by atoms with van der Waals surface area (Å²) in [5, 5.41) is 26.5. The number of hydrogen-bond donors (Lipinski definition) is 2. The minimum Gasteiger partial charge on any atom is -0.508 e. The van der Waals surface area contributed by atoms with Crippen LogP contribution in [-0.2, 0) is 0 Å². The molecule has 3 aliphatic heterocycles. The number of ether oxygens (including phenoxy) is 2. The maximum absolute atomic E-state index is 17.5. The molecule has 4 heterocycles. The molecule has 3 atom stereocenters. The maximum Gasteiger partial charge on any atom is 0.319 e. The van der Waals surface area contributed by atoms with Crippen molar-refractivity contribution in [1.82, 2.24) is 20.2 Å². The maximum atomic E-state index is 17.5. The summed E-state index contributed by atoms with van der Waals surface area (Å²) < 4.78 is 30.2. The number of aromatic hydroxyl groups is 1. The highest BCUT2D eigenvalue weighted by molar-refractivity contribution is 6.32. The van der Waals surface area contributed by atoms with Gasteiger partial charge in [-0.1, -0.05) is 41.9 Å². The molecule has 244 valence electrons. The van der Waals surface area contributed by atoms with Crippen LogP contribution in [0, 0.1) is 17.1 Å². The van der Waals surface area contributed by atoms with E-state index < -0.39 is 5.82 Å². The van der Waals surface area contributed by atoms with Crippen molar-refractivity contribution >= 4 is 39.1 Å². The number of hydrogen-bond acceptors (Lipinski definition) is 9. The second-order valence-electron chi connectivity index (χ2n) is 13.0. The minimum absolute atomic E-state index is 0.0334. The highest BCUT2D eigenvalue weighted by atomic mass is 35.5. The Morgan fingerprint density at radius 1 is 1.04 bits per heavy atom. The van der Waals surface area contributed by atoms with E-state index in [-0.39, 0.29) is 51.0 Å². The van der Waals surface area contributed by atoms with Gasteiger partial charge >= 0.3 is 6.01 Å². The first kappa shape index (κ1) is 30.6. The number of nitrogens with zero attached hydrogens (tertiary/aromatic N) is 5. The molecule has 11 heteroatoms. The third-order valence-electron chi connectivity index (χ3n) is 9.86. The van der Waals surface area contributed by atoms with E-state index in [2.05, 4.69) is 28.2 Å². The SMILES string of the molecule is CN1CCCC1COc1nc(N2C[C@H]3CC[C@@H](C2)N3)c2cc(Oc3c(Cl)cccc3C#N)c(-c3cc(O)cc4ccccc34)c(F)c2n1. The highest BCUT2D eigenvalue weighted by Gasteiger charge is 2.35. The van der Waals surface area contributed by atoms with E-state index in [0.717, 1.165) is 37.6 Å². The summed E-state index contributed by atoms with van der Waals surface area (Å²) in [5.41, 5.74) is 0.756. The molecule has 0 spiro atoms. The van der Waals surface area contributed by atoms with Crippen molar-refractivity contribution in [1.29, 1.82) is 5.26 Å². The molecular formula is C37H34ClFN6O3. The van der Waals surface area contributed by atoms with Crippen LogP contribution in [0.25, 0.3) is 32.8 Å². The monoisotopic (exact) mass is 664 g/mol. The summed E-state index contributed by atoms with van der Waals surface area (Å²) in [6, 6.07) is 20.2. The number of piperazine rings is 1. The van der Waals surface area contributed by atoms with Crippen LogP contribution in [0.2, 0.25) is 5.02 Å². The van der Waals surface area contributed by atoms with Crippen molar-refractivity contribution in [3.8, 4) is 40.5 Å². The zero-order valence-electron chi connectivity index (χ0n) is 26.4. The number of likely N-dealkylation sites (tertiary alicyclic amines) is 1. The number of benzene rings is 4. The van der Waals surface area contributed by atoms with E-state index in [1.165, 1.54) is 6.07 Å². The summed E-state index contributed by atoms with van der Waals surface area (Å²) in [7, 11) is 2.08. The van der Waals surface area contributed by atoms with Crippen LogP contribution < -0.4 is 19.7 Å². The molecule has 48 heavy (non-hydrogen) atoms. The number of phenolic OH excluding ortho intramolecular Hbond substituents is 1. The fourth-order valence-corrected chi connectivity index (χ4v) is 7.66. The third kappa shape index (κ3) is 5.52. The first-order valence-electron chi connectivity index (χ1n) is 16.3. The molecule has 3 fully saturated rings. The Hall–Kier alpha value is -4.69. The second-order valence-corrected chi connectivity index (χ2v) is 13.4. The molecule has 5 aromatic rings. The molecule has 1 aromatic heterocycles. The summed E-state index contributed by atoms with van der Waals surface area (Å²) >= 11 is 6.58. The van der Waals surface area contributed by atoms with Gasteiger partial charge < -0.3 is 29.7 Å². The second kappa shape index (κ2) is 12.4. The number of anilines is 1. The summed E-state index contributed by atoms with van der Waals surface area (Å²) in [4.78, 5) is 14.1. The molecule has 8 rings (SSSR count). The minimum atomic E-state index is -0.659. The van der Waals surface area contributed by atoms with Crippen molar-refractivity contribution < 1.29 is 19.0 Å². The molecule has 0 aliphatic carbocycles. The van der Waals surface area contributed by atoms with Gasteiger partial charge in [-0.25, -0.2) is 4.39 Å². The lowest BCUT2D eigenvalue weighted by atomic mass is 9.95. The van der Waals surface area contributed by atoms with E-state index in [4.69, 9.17) is 31.0 Å². The van der Waals surface area contributed by atoms with Crippen LogP contribution >= 0.6 is 11.6 Å². The molecule has 2 N–H and O–H groups in total. The molecule has 1 unspecified atom stereocenters. The first-order valence-corrected chi connectivity index (χ1v) is 16.7. The predicted molar refractivity (Wildman–Crippen MR) is 184 cm³/mol. The normalized spacial score (nSPS) is 20.8. The smallest absolute Gasteiger partial charge is 0.319 e. The number of halogens is 2. The van der Waals surface area contributed by atoms with Crippen molar-refractivity contribution in [2.24, 2.45) is 0 Å². The van der Waals surface area contributed by atoms with Crippen LogP contribution in [-0.4, -0.2) is 71.4 Å². The fourth-order valence-electron chi connectivity index (χ4n) is 7.45. The lowest BCUT2D eigenvalue weighted by Crippen LogP contribution is -2.51. The van der Waals surface area contributed by atoms with Gasteiger partial charge in [0.1, 0.15) is 35.5 Å². The molecule has 9 nitrogen and oxygen atoms in total. The van der Waals surface area contributed by atoms with Crippen molar-refractivity contribution in [3.63, 3.8) is 0 Å². The Balaban J connectivity index is 1.37. The molecule has 0 radical (unpaired) electrons. The van der Waals surface area contributed by atoms with Crippen LogP contribution in [0.3, 0.4) is 0 Å². The van der Waals surface area contributed by atoms with Crippen molar-refractivity contribution in [2.45, 2.75) is 43.8 Å². The Morgan fingerprint density at radius 2 is 1.85 bits per heavy atom. The van der Waals surface area contributed by atoms with Gasteiger partial charge in [-0.2, -0.15) is 15.2 Å². The summed E-state index contributed by atoms with van der Waals surface area (Å²) in [6.07, 6.45) is 4.22. The largest absolute Gasteiger partial charge is 0.508 e. The van der Waals surface area contributed by atoms with E-state index >= 15 is 4.39 Å². The van der Waals surface area contributed by atoms with E-state index in [9.17, 15) is 10.4 Å². The lowest BCUT2D eigenvalue weighted by molar-refractivity contribution is 0.188. The number of para-hydroxylation sites is 1. The molecule has 3 saturated heterocycles. The van der Waals surface area contributed by atoms with E-state index in [1.807, 2.05) is 24.3 Å². The Morgan fingerprint density at radius 3 is 2.62 bits per heavy atom. The molecule has 0 amide bonds. The van der Waals surface area contributed by atoms with Gasteiger partial charge in [0.25, 0.3) is 0 Å². The van der Waals surface area contributed by atoms with Crippen molar-refractivity contribution in [3.05, 3.63) is 77.1 Å². The molecule has 2 bridgehead atoms. The number of phenols is 1. The highest BCUT2D eigenvalue weighted by Crippen LogP contribution is 2.46. The van der Waals surface area contributed by atoms with Gasteiger partial charge in [0.05, 0.1) is 16.1 Å². The summed E-state index contributed by atoms with van der Waals surface area (Å²) in [5.74, 6) is 0.0882. The van der Waals surface area contributed by atoms with Crippen LogP contribution in [0.4, 0.5) is 10.2 Å². The van der Waals surface area contributed by atoms with E-state index in [0.29, 0.717) is 53.9 Å². The summed E-state index contributed by atoms with van der Waals surface area (Å²) in [6.45, 7) is 2.80. The molecule has 3 aliphatic rings. The number of nitriles is 1. The van der Waals surface area contributed by atoms with Crippen LogP contribution in [0.1, 0.15) is 31.2 Å². The quantitative estimate of drug-likeness (QED) is 0.190. The number of rotatable bonds is 7. The standard InChI is InChI=1S/C37H34ClFN6O3/c1-44-13-5-8-25(44)20-47-37-42-34-29(36(43-37)45-18-23-11-12-24(19-45)41-23)16-31(48-35-22(17-40)7-4-10-30(35)38)32(33(34)39)28-15-26(46)14-21-6-2-3-9-27(21)28/h2-4,6-7,9-10,14-16,23-25,41,46H,5,8,11-13,18-20H2,1H3/t23-,24+,25?. The lowest BCUT2D eigenvalue weighted by Gasteiger charge is -2.34. The molecular weight excluding hydrogens is 631 g/mol. The molecule has 0 saturated carbocycles. The van der Waals surface area contributed by atoms with Gasteiger partial charge in [-0.3, -0.25) is 0 Å². The van der Waals surface area contributed by atoms with Crippen LogP contribution in [0.15, 0.2) is 60.7 Å². The topological polar surface area (TPSA) is 107 Å². The zero-order chi connectivity index (χ0) is 32.9. The number of nitrogens with one attached hydrogen (secondary N) is 1. The van der Waals surface area contributed by atoms with Gasteiger partial charge in [0, 0.05) is 36.6 Å². The zero-order valence-corrected chi connectivity index (χ0v) is 27.2. The Labute approximate surface area is 282 Å². The van der Waals surface area contributed by atoms with Crippen LogP contribution in [0.5, 0.6) is 23.3 Å². The average molecular weight is 665 g/mol. The Kier molecular flexibility index (Phi) is 7.91.